The number of hydrogen-bond acceptors (Lipinski definition) is 3. The Labute approximate surface area is 147 Å². The van der Waals surface area contributed by atoms with Gasteiger partial charge in [-0.3, -0.25) is 4.79 Å². The fourth-order valence-corrected chi connectivity index (χ4v) is 2.19. The first-order chi connectivity index (χ1) is 11.8. The lowest BCUT2D eigenvalue weighted by Gasteiger charge is -2.19. The second-order valence-electron chi connectivity index (χ2n) is 6.78. The van der Waals surface area contributed by atoms with Gasteiger partial charge in [0.2, 0.25) is 0 Å². The van der Waals surface area contributed by atoms with Gasteiger partial charge in [0.25, 0.3) is 5.91 Å². The van der Waals surface area contributed by atoms with Crippen LogP contribution in [0.4, 0.5) is 4.39 Å². The molecule has 0 aliphatic rings. The van der Waals surface area contributed by atoms with Crippen molar-refractivity contribution in [2.24, 2.45) is 5.10 Å². The molecule has 0 atom stereocenters. The molecule has 0 saturated carbocycles. The maximum absolute atomic E-state index is 13.6. The van der Waals surface area contributed by atoms with E-state index in [1.807, 2.05) is 24.3 Å². The van der Waals surface area contributed by atoms with E-state index in [1.165, 1.54) is 11.6 Å². The molecule has 0 aliphatic carbocycles. The summed E-state index contributed by atoms with van der Waals surface area (Å²) in [5, 5.41) is 3.91. The lowest BCUT2D eigenvalue weighted by molar-refractivity contribution is -0.123. The number of nitrogens with zero attached hydrogens (tertiary/aromatic N) is 1. The molecule has 1 N–H and O–H groups in total. The van der Waals surface area contributed by atoms with Gasteiger partial charge >= 0.3 is 0 Å². The molecule has 2 aromatic rings. The summed E-state index contributed by atoms with van der Waals surface area (Å²) in [4.78, 5) is 11.8. The molecule has 0 fully saturated rings. The van der Waals surface area contributed by atoms with E-state index in [0.717, 1.165) is 0 Å². The number of rotatable bonds is 5. The van der Waals surface area contributed by atoms with Gasteiger partial charge in [-0.25, -0.2) is 9.82 Å². The molecule has 0 saturated heterocycles. The number of ether oxygens (including phenoxy) is 1. The van der Waals surface area contributed by atoms with Crippen molar-refractivity contribution < 1.29 is 13.9 Å². The van der Waals surface area contributed by atoms with Gasteiger partial charge in [-0.2, -0.15) is 5.10 Å². The zero-order valence-electron chi connectivity index (χ0n) is 15.0. The third kappa shape index (κ3) is 5.41. The maximum Gasteiger partial charge on any atom is 0.277 e. The van der Waals surface area contributed by atoms with E-state index < -0.39 is 5.91 Å². The van der Waals surface area contributed by atoms with Crippen LogP contribution in [0.25, 0.3) is 0 Å². The molecule has 0 heterocycles. The zero-order valence-corrected chi connectivity index (χ0v) is 15.0. The number of carbonyl (C=O) groups excluding carboxylic acids is 1. The van der Waals surface area contributed by atoms with E-state index in [0.29, 0.717) is 17.0 Å². The molecule has 25 heavy (non-hydrogen) atoms. The van der Waals surface area contributed by atoms with Gasteiger partial charge in [-0.1, -0.05) is 51.1 Å². The summed E-state index contributed by atoms with van der Waals surface area (Å²) in [6.45, 7) is 7.86. The molecule has 1 amide bonds. The molecule has 5 heteroatoms. The lowest BCUT2D eigenvalue weighted by atomic mass is 9.87. The molecule has 0 unspecified atom stereocenters. The van der Waals surface area contributed by atoms with Crippen molar-refractivity contribution in [2.75, 3.05) is 6.61 Å². The Hall–Kier alpha value is -2.69. The van der Waals surface area contributed by atoms with Crippen LogP contribution in [0.15, 0.2) is 53.6 Å². The van der Waals surface area contributed by atoms with Gasteiger partial charge in [0.05, 0.1) is 5.71 Å². The SMILES string of the molecule is C/C(=N\NC(=O)COc1ccc(C(C)(C)C)cc1)c1ccccc1F. The van der Waals surface area contributed by atoms with Crippen LogP contribution in [0.3, 0.4) is 0 Å². The highest BCUT2D eigenvalue weighted by molar-refractivity contribution is 5.99. The number of halogens is 1. The third-order valence-electron chi connectivity index (χ3n) is 3.70. The molecule has 0 aromatic heterocycles. The van der Waals surface area contributed by atoms with Crippen molar-refractivity contribution in [3.05, 3.63) is 65.5 Å². The van der Waals surface area contributed by atoms with Crippen molar-refractivity contribution in [3.63, 3.8) is 0 Å². The fraction of sp³-hybridized carbons (Fsp3) is 0.300. The first-order valence-electron chi connectivity index (χ1n) is 8.09. The summed E-state index contributed by atoms with van der Waals surface area (Å²) in [6.07, 6.45) is 0. The van der Waals surface area contributed by atoms with Gasteiger partial charge in [-0.15, -0.1) is 0 Å². The molecule has 0 bridgehead atoms. The number of carbonyl (C=O) groups is 1. The Morgan fingerprint density at radius 1 is 1.12 bits per heavy atom. The van der Waals surface area contributed by atoms with Gasteiger partial charge < -0.3 is 4.74 Å². The number of benzene rings is 2. The van der Waals surface area contributed by atoms with Crippen molar-refractivity contribution in [1.82, 2.24) is 5.43 Å². The summed E-state index contributed by atoms with van der Waals surface area (Å²) >= 11 is 0. The Morgan fingerprint density at radius 2 is 1.76 bits per heavy atom. The molecule has 0 aliphatic heterocycles. The summed E-state index contributed by atoms with van der Waals surface area (Å²) in [6, 6.07) is 13.9. The van der Waals surface area contributed by atoms with Crippen LogP contribution in [0.1, 0.15) is 38.8 Å². The van der Waals surface area contributed by atoms with Gasteiger partial charge in [0, 0.05) is 5.56 Å². The molecular formula is C20H23FN2O2. The Kier molecular flexibility index (Phi) is 5.91. The average molecular weight is 342 g/mol. The quantitative estimate of drug-likeness (QED) is 0.658. The summed E-state index contributed by atoms with van der Waals surface area (Å²) in [5.41, 5.74) is 4.36. The van der Waals surface area contributed by atoms with Crippen LogP contribution >= 0.6 is 0 Å². The van der Waals surface area contributed by atoms with E-state index in [1.54, 1.807) is 25.1 Å². The highest BCUT2D eigenvalue weighted by atomic mass is 19.1. The van der Waals surface area contributed by atoms with E-state index in [4.69, 9.17) is 4.74 Å². The van der Waals surface area contributed by atoms with Gasteiger partial charge in [0.15, 0.2) is 6.61 Å². The minimum atomic E-state index is -0.407. The van der Waals surface area contributed by atoms with Crippen LogP contribution in [-0.2, 0) is 10.2 Å². The van der Waals surface area contributed by atoms with Crippen molar-refractivity contribution in [1.29, 1.82) is 0 Å². The minimum absolute atomic E-state index is 0.0643. The van der Waals surface area contributed by atoms with Crippen LogP contribution in [0.5, 0.6) is 5.75 Å². The van der Waals surface area contributed by atoms with Crippen LogP contribution < -0.4 is 10.2 Å². The highest BCUT2D eigenvalue weighted by Gasteiger charge is 2.13. The van der Waals surface area contributed by atoms with E-state index in [-0.39, 0.29) is 17.8 Å². The summed E-state index contributed by atoms with van der Waals surface area (Å²) < 4.78 is 19.1. The molecule has 4 nitrogen and oxygen atoms in total. The maximum atomic E-state index is 13.6. The van der Waals surface area contributed by atoms with Crippen molar-refractivity contribution >= 4 is 11.6 Å². The third-order valence-corrected chi connectivity index (χ3v) is 3.70. The predicted molar refractivity (Wildman–Crippen MR) is 97.4 cm³/mol. The van der Waals surface area contributed by atoms with E-state index in [9.17, 15) is 9.18 Å². The fourth-order valence-electron chi connectivity index (χ4n) is 2.19. The number of amides is 1. The Bertz CT molecular complexity index is 762. The highest BCUT2D eigenvalue weighted by Crippen LogP contribution is 2.24. The van der Waals surface area contributed by atoms with Crippen LogP contribution in [0.2, 0.25) is 0 Å². The molecule has 0 spiro atoms. The number of hydrogen-bond donors (Lipinski definition) is 1. The Balaban J connectivity index is 1.88. The standard InChI is InChI=1S/C20H23FN2O2/c1-14(17-7-5-6-8-18(17)21)22-23-19(24)13-25-16-11-9-15(10-12-16)20(2,3)4/h5-12H,13H2,1-4H3,(H,23,24)/b22-14+. The van der Waals surface area contributed by atoms with Crippen LogP contribution in [-0.4, -0.2) is 18.2 Å². The normalized spacial score (nSPS) is 12.0. The molecule has 132 valence electrons. The molecule has 2 rings (SSSR count). The minimum Gasteiger partial charge on any atom is -0.484 e. The molecule has 2 aromatic carbocycles. The van der Waals surface area contributed by atoms with Gasteiger partial charge in [0.1, 0.15) is 11.6 Å². The second-order valence-corrected chi connectivity index (χ2v) is 6.78. The molecular weight excluding hydrogens is 319 g/mol. The Morgan fingerprint density at radius 3 is 2.36 bits per heavy atom. The van der Waals surface area contributed by atoms with E-state index in [2.05, 4.69) is 31.3 Å². The lowest BCUT2D eigenvalue weighted by Crippen LogP contribution is -2.25. The molecule has 0 radical (unpaired) electrons. The van der Waals surface area contributed by atoms with E-state index >= 15 is 0 Å². The van der Waals surface area contributed by atoms with Crippen LogP contribution in [0, 0.1) is 5.82 Å². The zero-order chi connectivity index (χ0) is 18.4. The topological polar surface area (TPSA) is 50.7 Å². The van der Waals surface area contributed by atoms with Gasteiger partial charge in [-0.05, 0) is 36.1 Å². The predicted octanol–water partition coefficient (Wildman–Crippen LogP) is 4.04. The second kappa shape index (κ2) is 7.92. The number of nitrogens with one attached hydrogen (secondary N) is 1. The average Bonchev–Trinajstić information content (AvgIpc) is 2.58. The first-order valence-corrected chi connectivity index (χ1v) is 8.09. The first kappa shape index (κ1) is 18.6. The number of hydrazone groups is 1. The smallest absolute Gasteiger partial charge is 0.277 e. The summed E-state index contributed by atoms with van der Waals surface area (Å²) in [7, 11) is 0. The largest absolute Gasteiger partial charge is 0.484 e. The van der Waals surface area contributed by atoms with Crippen molar-refractivity contribution in [3.8, 4) is 5.75 Å². The monoisotopic (exact) mass is 342 g/mol. The van der Waals surface area contributed by atoms with Crippen molar-refractivity contribution in [2.45, 2.75) is 33.1 Å². The summed E-state index contributed by atoms with van der Waals surface area (Å²) in [5.74, 6) is -0.179.